The van der Waals surface area contributed by atoms with Gasteiger partial charge in [0.2, 0.25) is 0 Å². The number of benzene rings is 2. The molecule has 7 heteroatoms. The van der Waals surface area contributed by atoms with E-state index >= 15 is 0 Å². The highest BCUT2D eigenvalue weighted by atomic mass is 32.1. The van der Waals surface area contributed by atoms with E-state index in [-0.39, 0.29) is 11.4 Å². The van der Waals surface area contributed by atoms with Gasteiger partial charge in [-0.15, -0.1) is 11.3 Å². The van der Waals surface area contributed by atoms with Gasteiger partial charge in [-0.2, -0.15) is 0 Å². The first-order valence-corrected chi connectivity index (χ1v) is 7.10. The van der Waals surface area contributed by atoms with Crippen molar-refractivity contribution in [2.75, 3.05) is 5.32 Å². The zero-order chi connectivity index (χ0) is 15.7. The number of carbonyl (C=O) groups is 1. The molecule has 110 valence electrons. The van der Waals surface area contributed by atoms with E-state index in [1.165, 1.54) is 11.3 Å². The lowest BCUT2D eigenvalue weighted by atomic mass is 10.2. The Kier molecular flexibility index (Phi) is 3.56. The number of thiophene rings is 1. The molecule has 0 radical (unpaired) electrons. The molecule has 3 aromatic rings. The van der Waals surface area contributed by atoms with Crippen LogP contribution >= 0.6 is 11.3 Å². The molecule has 0 saturated carbocycles. The summed E-state index contributed by atoms with van der Waals surface area (Å²) in [6.07, 6.45) is 0. The average molecular weight is 316 g/mol. The number of nitrogens with one attached hydrogen (secondary N) is 1. The van der Waals surface area contributed by atoms with Crippen LogP contribution in [-0.4, -0.2) is 10.8 Å². The molecule has 2 aromatic carbocycles. The van der Waals surface area contributed by atoms with E-state index in [0.717, 1.165) is 28.3 Å². The molecule has 1 amide bonds. The highest BCUT2D eigenvalue weighted by molar-refractivity contribution is 7.20. The van der Waals surface area contributed by atoms with Crippen LogP contribution in [-0.2, 0) is 0 Å². The topological polar surface area (TPSA) is 72.2 Å². The van der Waals surface area contributed by atoms with Crippen molar-refractivity contribution in [2.24, 2.45) is 0 Å². The van der Waals surface area contributed by atoms with Crippen LogP contribution in [0.25, 0.3) is 10.1 Å². The second-order valence-corrected chi connectivity index (χ2v) is 5.61. The molecule has 1 aromatic heterocycles. The third-order valence-electron chi connectivity index (χ3n) is 3.06. The van der Waals surface area contributed by atoms with Crippen LogP contribution in [0.5, 0.6) is 0 Å². The van der Waals surface area contributed by atoms with Gasteiger partial charge in [0.15, 0.2) is 0 Å². The summed E-state index contributed by atoms with van der Waals surface area (Å²) in [5.41, 5.74) is -0.496. The van der Waals surface area contributed by atoms with Crippen molar-refractivity contribution in [1.82, 2.24) is 0 Å². The van der Waals surface area contributed by atoms with E-state index in [0.29, 0.717) is 4.88 Å². The normalized spacial score (nSPS) is 10.6. The molecule has 0 bridgehead atoms. The summed E-state index contributed by atoms with van der Waals surface area (Å²) in [6.45, 7) is 0. The second kappa shape index (κ2) is 5.53. The van der Waals surface area contributed by atoms with Gasteiger partial charge in [-0.05, 0) is 23.6 Å². The molecule has 3 rings (SSSR count). The summed E-state index contributed by atoms with van der Waals surface area (Å²) in [4.78, 5) is 22.7. The standard InChI is InChI=1S/C15H9FN2O3S/c16-11-6-5-10(18(20)21)8-12(11)17-15(19)14-7-9-3-1-2-4-13(9)22-14/h1-8H,(H,17,19). The maximum atomic E-state index is 13.7. The van der Waals surface area contributed by atoms with Crippen molar-refractivity contribution in [3.8, 4) is 0 Å². The summed E-state index contributed by atoms with van der Waals surface area (Å²) in [5, 5.41) is 14.0. The zero-order valence-corrected chi connectivity index (χ0v) is 11.9. The summed E-state index contributed by atoms with van der Waals surface area (Å²) < 4.78 is 14.6. The Hall–Kier alpha value is -2.80. The zero-order valence-electron chi connectivity index (χ0n) is 11.1. The molecule has 0 aliphatic heterocycles. The van der Waals surface area contributed by atoms with Crippen LogP contribution in [0.4, 0.5) is 15.8 Å². The molecule has 0 unspecified atom stereocenters. The molecule has 22 heavy (non-hydrogen) atoms. The molecular formula is C15H9FN2O3S. The summed E-state index contributed by atoms with van der Waals surface area (Å²) in [7, 11) is 0. The van der Waals surface area contributed by atoms with Gasteiger partial charge in [0.25, 0.3) is 11.6 Å². The Morgan fingerprint density at radius 2 is 1.95 bits per heavy atom. The van der Waals surface area contributed by atoms with Crippen LogP contribution < -0.4 is 5.32 Å². The van der Waals surface area contributed by atoms with Crippen LogP contribution in [0.2, 0.25) is 0 Å². The Morgan fingerprint density at radius 3 is 2.68 bits per heavy atom. The summed E-state index contributed by atoms with van der Waals surface area (Å²) in [5.74, 6) is -1.22. The van der Waals surface area contributed by atoms with Crippen molar-refractivity contribution < 1.29 is 14.1 Å². The Labute approximate surface area is 128 Å². The van der Waals surface area contributed by atoms with Gasteiger partial charge in [0.1, 0.15) is 5.82 Å². The van der Waals surface area contributed by atoms with Crippen molar-refractivity contribution in [1.29, 1.82) is 0 Å². The Balaban J connectivity index is 1.90. The SMILES string of the molecule is O=C(Nc1cc([N+](=O)[O-])ccc1F)c1cc2ccccc2s1. The van der Waals surface area contributed by atoms with E-state index in [4.69, 9.17) is 0 Å². The number of nitro groups is 1. The fraction of sp³-hybridized carbons (Fsp3) is 0. The predicted octanol–water partition coefficient (Wildman–Crippen LogP) is 4.20. The average Bonchev–Trinajstić information content (AvgIpc) is 2.93. The fourth-order valence-corrected chi connectivity index (χ4v) is 2.96. The number of halogens is 1. The predicted molar refractivity (Wildman–Crippen MR) is 82.8 cm³/mol. The van der Waals surface area contributed by atoms with Gasteiger partial charge in [-0.3, -0.25) is 14.9 Å². The number of non-ortho nitro benzene ring substituents is 1. The van der Waals surface area contributed by atoms with E-state index in [9.17, 15) is 19.3 Å². The number of nitro benzene ring substituents is 1. The lowest BCUT2D eigenvalue weighted by Crippen LogP contribution is -2.11. The molecular weight excluding hydrogens is 307 g/mol. The van der Waals surface area contributed by atoms with E-state index in [1.54, 1.807) is 6.07 Å². The van der Waals surface area contributed by atoms with Gasteiger partial charge < -0.3 is 5.32 Å². The van der Waals surface area contributed by atoms with E-state index in [1.807, 2.05) is 24.3 Å². The summed E-state index contributed by atoms with van der Waals surface area (Å²) >= 11 is 1.27. The molecule has 1 N–H and O–H groups in total. The fourth-order valence-electron chi connectivity index (χ4n) is 2.00. The monoisotopic (exact) mass is 316 g/mol. The lowest BCUT2D eigenvalue weighted by molar-refractivity contribution is -0.384. The van der Waals surface area contributed by atoms with Crippen molar-refractivity contribution in [3.63, 3.8) is 0 Å². The molecule has 1 heterocycles. The van der Waals surface area contributed by atoms with Crippen LogP contribution in [0.15, 0.2) is 48.5 Å². The maximum absolute atomic E-state index is 13.7. The highest BCUT2D eigenvalue weighted by Gasteiger charge is 2.15. The number of hydrogen-bond donors (Lipinski definition) is 1. The maximum Gasteiger partial charge on any atom is 0.271 e. The quantitative estimate of drug-likeness (QED) is 0.581. The van der Waals surface area contributed by atoms with Gasteiger partial charge >= 0.3 is 0 Å². The Bertz CT molecular complexity index is 858. The third kappa shape index (κ3) is 2.66. The van der Waals surface area contributed by atoms with Crippen LogP contribution in [0, 0.1) is 15.9 Å². The first kappa shape index (κ1) is 14.2. The van der Waals surface area contributed by atoms with Gasteiger partial charge in [0.05, 0.1) is 15.5 Å². The molecule has 0 saturated heterocycles. The van der Waals surface area contributed by atoms with Gasteiger partial charge in [-0.25, -0.2) is 4.39 Å². The van der Waals surface area contributed by atoms with Crippen LogP contribution in [0.1, 0.15) is 9.67 Å². The minimum absolute atomic E-state index is 0.211. The highest BCUT2D eigenvalue weighted by Crippen LogP contribution is 2.27. The largest absolute Gasteiger partial charge is 0.319 e. The molecule has 0 atom stereocenters. The molecule has 0 aliphatic carbocycles. The minimum Gasteiger partial charge on any atom is -0.319 e. The second-order valence-electron chi connectivity index (χ2n) is 4.52. The third-order valence-corrected chi connectivity index (χ3v) is 4.17. The number of anilines is 1. The first-order valence-electron chi connectivity index (χ1n) is 6.28. The first-order chi connectivity index (χ1) is 10.5. The van der Waals surface area contributed by atoms with Gasteiger partial charge in [0, 0.05) is 16.8 Å². The molecule has 0 spiro atoms. The molecule has 0 aliphatic rings. The number of carbonyl (C=O) groups excluding carboxylic acids is 1. The Morgan fingerprint density at radius 1 is 1.18 bits per heavy atom. The number of fused-ring (bicyclic) bond motifs is 1. The minimum atomic E-state index is -0.722. The van der Waals surface area contributed by atoms with Crippen molar-refractivity contribution in [2.45, 2.75) is 0 Å². The van der Waals surface area contributed by atoms with Crippen molar-refractivity contribution in [3.05, 3.63) is 69.3 Å². The smallest absolute Gasteiger partial charge is 0.271 e. The van der Waals surface area contributed by atoms with Gasteiger partial charge in [-0.1, -0.05) is 18.2 Å². The van der Waals surface area contributed by atoms with Crippen molar-refractivity contribution >= 4 is 38.7 Å². The van der Waals surface area contributed by atoms with Crippen LogP contribution in [0.3, 0.4) is 0 Å². The van der Waals surface area contributed by atoms with E-state index in [2.05, 4.69) is 5.32 Å². The number of amides is 1. The number of rotatable bonds is 3. The summed E-state index contributed by atoms with van der Waals surface area (Å²) in [6, 6.07) is 12.2. The molecule has 5 nitrogen and oxygen atoms in total. The lowest BCUT2D eigenvalue weighted by Gasteiger charge is -2.04. The molecule has 0 fully saturated rings. The van der Waals surface area contributed by atoms with E-state index < -0.39 is 16.6 Å². The number of hydrogen-bond acceptors (Lipinski definition) is 4. The number of nitrogens with zero attached hydrogens (tertiary/aromatic N) is 1.